The van der Waals surface area contributed by atoms with Crippen molar-refractivity contribution in [3.8, 4) is 0 Å². The highest BCUT2D eigenvalue weighted by Crippen LogP contribution is 2.31. The van der Waals surface area contributed by atoms with Crippen molar-refractivity contribution in [1.29, 1.82) is 0 Å². The van der Waals surface area contributed by atoms with Gasteiger partial charge in [0.2, 0.25) is 11.8 Å². The first kappa shape index (κ1) is 22.2. The molecule has 3 heterocycles. The molecule has 4 rings (SSSR count). The third-order valence-electron chi connectivity index (χ3n) is 6.53. The first-order chi connectivity index (χ1) is 15.4. The van der Waals surface area contributed by atoms with Crippen molar-refractivity contribution in [1.82, 2.24) is 14.8 Å². The minimum absolute atomic E-state index is 0.0000216. The Hall–Kier alpha value is -2.96. The maximum atomic E-state index is 13.5. The second-order valence-corrected chi connectivity index (χ2v) is 8.96. The van der Waals surface area contributed by atoms with Gasteiger partial charge in [-0.05, 0) is 62.9 Å². The molecule has 0 bridgehead atoms. The number of aromatic nitrogens is 1. The summed E-state index contributed by atoms with van der Waals surface area (Å²) >= 11 is 0. The van der Waals surface area contributed by atoms with E-state index in [1.54, 1.807) is 13.0 Å². The highest BCUT2D eigenvalue weighted by molar-refractivity contribution is 5.80. The van der Waals surface area contributed by atoms with Crippen LogP contribution in [0.1, 0.15) is 49.9 Å². The minimum atomic E-state index is -0.281. The molecule has 0 radical (unpaired) electrons. The Morgan fingerprint density at radius 2 is 1.81 bits per heavy atom. The molecule has 6 nitrogen and oxygen atoms in total. The van der Waals surface area contributed by atoms with Gasteiger partial charge in [0.25, 0.3) is 0 Å². The summed E-state index contributed by atoms with van der Waals surface area (Å²) in [5, 5.41) is 3.27. The van der Waals surface area contributed by atoms with Crippen LogP contribution in [0.25, 0.3) is 0 Å². The zero-order valence-corrected chi connectivity index (χ0v) is 18.8. The predicted molar refractivity (Wildman–Crippen MR) is 122 cm³/mol. The average molecular weight is 439 g/mol. The van der Waals surface area contributed by atoms with Crippen LogP contribution in [-0.4, -0.2) is 52.8 Å². The fourth-order valence-electron chi connectivity index (χ4n) is 4.83. The number of halogens is 1. The molecule has 0 aliphatic carbocycles. The zero-order valence-electron chi connectivity index (χ0n) is 18.8. The molecule has 2 aliphatic heterocycles. The van der Waals surface area contributed by atoms with Crippen molar-refractivity contribution in [3.05, 3.63) is 53.6 Å². The van der Waals surface area contributed by atoms with Gasteiger partial charge in [0.15, 0.2) is 0 Å². The number of rotatable bonds is 4. The van der Waals surface area contributed by atoms with Gasteiger partial charge in [0, 0.05) is 67.7 Å². The third kappa shape index (κ3) is 5.26. The highest BCUT2D eigenvalue weighted by Gasteiger charge is 2.32. The van der Waals surface area contributed by atoms with E-state index in [0.717, 1.165) is 49.3 Å². The Morgan fingerprint density at radius 3 is 2.53 bits per heavy atom. The maximum absolute atomic E-state index is 13.5. The Bertz CT molecular complexity index is 988. The van der Waals surface area contributed by atoms with Gasteiger partial charge in [0.05, 0.1) is 0 Å². The average Bonchev–Trinajstić information content (AvgIpc) is 2.78. The molecule has 7 heteroatoms. The van der Waals surface area contributed by atoms with Crippen molar-refractivity contribution in [3.63, 3.8) is 0 Å². The van der Waals surface area contributed by atoms with E-state index in [0.29, 0.717) is 25.3 Å². The van der Waals surface area contributed by atoms with Crippen LogP contribution < -0.4 is 5.32 Å². The van der Waals surface area contributed by atoms with Crippen LogP contribution in [0, 0.1) is 18.7 Å². The summed E-state index contributed by atoms with van der Waals surface area (Å²) in [4.78, 5) is 33.3. The van der Waals surface area contributed by atoms with Gasteiger partial charge in [-0.3, -0.25) is 14.6 Å². The number of carbonyl (C=O) groups is 2. The Morgan fingerprint density at radius 1 is 1.03 bits per heavy atom. The SMILES string of the molecule is CC(=O)N1CCC(C(=O)N2CCCC(c3cc(Nc4cccc(F)c4)cc(C)n3)C2)CC1. The lowest BCUT2D eigenvalue weighted by Crippen LogP contribution is -2.46. The number of likely N-dealkylation sites (tertiary alicyclic amines) is 2. The van der Waals surface area contributed by atoms with Crippen LogP contribution in [-0.2, 0) is 9.59 Å². The molecule has 2 amide bonds. The number of nitrogens with zero attached hydrogens (tertiary/aromatic N) is 3. The van der Waals surface area contributed by atoms with Crippen LogP contribution in [0.15, 0.2) is 36.4 Å². The molecular formula is C25H31FN4O2. The molecule has 2 aliphatic rings. The fraction of sp³-hybridized carbons (Fsp3) is 0.480. The van der Waals surface area contributed by atoms with Crippen LogP contribution in [0.4, 0.5) is 15.8 Å². The number of hydrogen-bond acceptors (Lipinski definition) is 4. The summed E-state index contributed by atoms with van der Waals surface area (Å²) in [6.45, 7) is 6.32. The Kier molecular flexibility index (Phi) is 6.72. The molecule has 0 spiro atoms. The number of nitrogens with one attached hydrogen (secondary N) is 1. The van der Waals surface area contributed by atoms with Gasteiger partial charge in [-0.25, -0.2) is 4.39 Å². The number of amides is 2. The molecule has 1 aromatic heterocycles. The van der Waals surface area contributed by atoms with E-state index < -0.39 is 0 Å². The first-order valence-corrected chi connectivity index (χ1v) is 11.4. The number of benzene rings is 1. The Labute approximate surface area is 188 Å². The summed E-state index contributed by atoms with van der Waals surface area (Å²) in [5.74, 6) is 0.195. The summed E-state index contributed by atoms with van der Waals surface area (Å²) in [6, 6.07) is 10.4. The fourth-order valence-corrected chi connectivity index (χ4v) is 4.83. The maximum Gasteiger partial charge on any atom is 0.225 e. The molecule has 1 atom stereocenters. The molecule has 2 fully saturated rings. The third-order valence-corrected chi connectivity index (χ3v) is 6.53. The lowest BCUT2D eigenvalue weighted by atomic mass is 9.90. The quantitative estimate of drug-likeness (QED) is 0.776. The van der Waals surface area contributed by atoms with Crippen LogP contribution in [0.2, 0.25) is 0 Å². The van der Waals surface area contributed by atoms with Gasteiger partial charge >= 0.3 is 0 Å². The van der Waals surface area contributed by atoms with Crippen LogP contribution in [0.5, 0.6) is 0 Å². The van der Waals surface area contributed by atoms with Gasteiger partial charge in [-0.15, -0.1) is 0 Å². The second kappa shape index (κ2) is 9.67. The lowest BCUT2D eigenvalue weighted by molar-refractivity contribution is -0.141. The lowest BCUT2D eigenvalue weighted by Gasteiger charge is -2.37. The summed E-state index contributed by atoms with van der Waals surface area (Å²) in [7, 11) is 0. The van der Waals surface area contributed by atoms with Gasteiger partial charge in [-0.2, -0.15) is 0 Å². The van der Waals surface area contributed by atoms with Crippen molar-refractivity contribution in [2.75, 3.05) is 31.5 Å². The van der Waals surface area contributed by atoms with Crippen molar-refractivity contribution >= 4 is 23.2 Å². The number of carbonyl (C=O) groups excluding carboxylic acids is 2. The largest absolute Gasteiger partial charge is 0.355 e. The molecule has 1 N–H and O–H groups in total. The van der Waals surface area contributed by atoms with Crippen LogP contribution in [0.3, 0.4) is 0 Å². The van der Waals surface area contributed by atoms with Gasteiger partial charge in [-0.1, -0.05) is 6.07 Å². The molecule has 32 heavy (non-hydrogen) atoms. The summed E-state index contributed by atoms with van der Waals surface area (Å²) in [5.41, 5.74) is 3.42. The minimum Gasteiger partial charge on any atom is -0.355 e. The van der Waals surface area contributed by atoms with Crippen molar-refractivity contribution in [2.45, 2.75) is 45.4 Å². The number of anilines is 2. The van der Waals surface area contributed by atoms with Crippen LogP contribution >= 0.6 is 0 Å². The molecule has 1 aromatic carbocycles. The molecule has 170 valence electrons. The van der Waals surface area contributed by atoms with E-state index in [2.05, 4.69) is 5.32 Å². The standard InChI is InChI=1S/C25H31FN4O2/c1-17-13-23(28-22-7-3-6-21(26)14-22)15-24(27-17)20-5-4-10-30(16-20)25(32)19-8-11-29(12-9-19)18(2)31/h3,6-7,13-15,19-20H,4-5,8-12,16H2,1-2H3,(H,27,28). The summed E-state index contributed by atoms with van der Waals surface area (Å²) in [6.07, 6.45) is 3.42. The van der Waals surface area contributed by atoms with Gasteiger partial charge in [0.1, 0.15) is 5.82 Å². The molecular weight excluding hydrogens is 407 g/mol. The van der Waals surface area contributed by atoms with E-state index in [9.17, 15) is 14.0 Å². The van der Waals surface area contributed by atoms with E-state index in [1.165, 1.54) is 12.1 Å². The Balaban J connectivity index is 1.43. The smallest absolute Gasteiger partial charge is 0.225 e. The highest BCUT2D eigenvalue weighted by atomic mass is 19.1. The molecule has 2 aromatic rings. The van der Waals surface area contributed by atoms with E-state index in [4.69, 9.17) is 4.98 Å². The number of pyridine rings is 1. The first-order valence-electron chi connectivity index (χ1n) is 11.4. The van der Waals surface area contributed by atoms with E-state index in [1.807, 2.05) is 34.9 Å². The van der Waals surface area contributed by atoms with Gasteiger partial charge < -0.3 is 15.1 Å². The molecule has 0 saturated carbocycles. The number of hydrogen-bond donors (Lipinski definition) is 1. The number of aryl methyl sites for hydroxylation is 1. The topological polar surface area (TPSA) is 65.5 Å². The second-order valence-electron chi connectivity index (χ2n) is 8.96. The van der Waals surface area contributed by atoms with E-state index in [-0.39, 0.29) is 29.5 Å². The summed E-state index contributed by atoms with van der Waals surface area (Å²) < 4.78 is 13.5. The predicted octanol–water partition coefficient (Wildman–Crippen LogP) is 4.24. The molecule has 1 unspecified atom stereocenters. The molecule has 2 saturated heterocycles. The zero-order chi connectivity index (χ0) is 22.7. The van der Waals surface area contributed by atoms with E-state index >= 15 is 0 Å². The normalized spacial score (nSPS) is 19.7. The van der Waals surface area contributed by atoms with Crippen molar-refractivity contribution < 1.29 is 14.0 Å². The number of piperidine rings is 2. The monoisotopic (exact) mass is 438 g/mol. The van der Waals surface area contributed by atoms with Crippen molar-refractivity contribution in [2.24, 2.45) is 5.92 Å².